The van der Waals surface area contributed by atoms with Crippen LogP contribution in [0.2, 0.25) is 19.6 Å². The maximum atomic E-state index is 6.02. The van der Waals surface area contributed by atoms with E-state index in [0.29, 0.717) is 0 Å². The summed E-state index contributed by atoms with van der Waals surface area (Å²) in [7, 11) is -1.52. The first-order valence-electron chi connectivity index (χ1n) is 5.41. The molecule has 0 saturated heterocycles. The van der Waals surface area contributed by atoms with Crippen molar-refractivity contribution in [1.82, 2.24) is 0 Å². The Kier molecular flexibility index (Phi) is 3.94. The Morgan fingerprint density at radius 1 is 1.27 bits per heavy atom. The summed E-state index contributed by atoms with van der Waals surface area (Å²) in [6.45, 7) is 8.59. The topological polar surface area (TPSA) is 35.2 Å². The van der Waals surface area contributed by atoms with Crippen molar-refractivity contribution in [2.45, 2.75) is 39.0 Å². The Bertz CT molecular complexity index is 318. The van der Waals surface area contributed by atoms with Crippen molar-refractivity contribution in [3.63, 3.8) is 0 Å². The van der Waals surface area contributed by atoms with Crippen LogP contribution >= 0.6 is 0 Å². The Balaban J connectivity index is 2.86. The lowest BCUT2D eigenvalue weighted by Crippen LogP contribution is -2.30. The second-order valence-corrected chi connectivity index (χ2v) is 9.43. The highest BCUT2D eigenvalue weighted by atomic mass is 28.4. The van der Waals surface area contributed by atoms with Crippen LogP contribution in [0.4, 0.5) is 0 Å². The van der Waals surface area contributed by atoms with Crippen LogP contribution in [0, 0.1) is 0 Å². The van der Waals surface area contributed by atoms with Gasteiger partial charge in [0.1, 0.15) is 5.75 Å². The van der Waals surface area contributed by atoms with Gasteiger partial charge in [-0.25, -0.2) is 0 Å². The lowest BCUT2D eigenvalue weighted by Gasteiger charge is -2.22. The molecule has 1 unspecified atom stereocenters. The predicted molar refractivity (Wildman–Crippen MR) is 67.8 cm³/mol. The zero-order valence-corrected chi connectivity index (χ0v) is 11.1. The van der Waals surface area contributed by atoms with Gasteiger partial charge in [0.15, 0.2) is 0 Å². The van der Waals surface area contributed by atoms with E-state index in [0.717, 1.165) is 12.2 Å². The summed E-state index contributed by atoms with van der Waals surface area (Å²) in [5.41, 5.74) is 7.03. The van der Waals surface area contributed by atoms with E-state index in [-0.39, 0.29) is 6.04 Å². The number of hydrogen-bond donors (Lipinski definition) is 1. The average molecular weight is 223 g/mol. The van der Waals surface area contributed by atoms with Crippen molar-refractivity contribution in [1.29, 1.82) is 0 Å². The smallest absolute Gasteiger partial charge is 0.242 e. The minimum Gasteiger partial charge on any atom is -0.544 e. The molecule has 0 aromatic heterocycles. The highest BCUT2D eigenvalue weighted by Crippen LogP contribution is 2.22. The van der Waals surface area contributed by atoms with Gasteiger partial charge >= 0.3 is 0 Å². The summed E-state index contributed by atoms with van der Waals surface area (Å²) in [4.78, 5) is 0. The summed E-state index contributed by atoms with van der Waals surface area (Å²) in [5.74, 6) is 1.01. The molecular weight excluding hydrogens is 202 g/mol. The lowest BCUT2D eigenvalue weighted by molar-refractivity contribution is 0.544. The number of nitrogens with two attached hydrogens (primary N) is 1. The Hall–Kier alpha value is -0.803. The van der Waals surface area contributed by atoms with Crippen LogP contribution in [-0.4, -0.2) is 14.4 Å². The maximum absolute atomic E-state index is 6.02. The van der Waals surface area contributed by atoms with E-state index >= 15 is 0 Å². The summed E-state index contributed by atoms with van der Waals surface area (Å²) in [6.07, 6.45) is 0.876. The van der Waals surface area contributed by atoms with Crippen LogP contribution in [-0.2, 0) is 6.42 Å². The van der Waals surface area contributed by atoms with Gasteiger partial charge in [-0.3, -0.25) is 0 Å². The van der Waals surface area contributed by atoms with Crippen LogP contribution in [0.5, 0.6) is 5.75 Å². The molecule has 0 fully saturated rings. The number of hydrogen-bond acceptors (Lipinski definition) is 2. The van der Waals surface area contributed by atoms with Crippen molar-refractivity contribution in [3.05, 3.63) is 29.8 Å². The zero-order chi connectivity index (χ0) is 11.5. The van der Waals surface area contributed by atoms with Crippen LogP contribution in [0.1, 0.15) is 12.5 Å². The second-order valence-electron chi connectivity index (χ2n) is 5.00. The number of para-hydroxylation sites is 1. The SMILES string of the molecule is CC(N)Cc1ccccc1O[Si](C)(C)C. The molecule has 3 heteroatoms. The first-order chi connectivity index (χ1) is 6.88. The molecule has 0 aliphatic heterocycles. The molecule has 2 nitrogen and oxygen atoms in total. The van der Waals surface area contributed by atoms with Crippen LogP contribution in [0.3, 0.4) is 0 Å². The van der Waals surface area contributed by atoms with Gasteiger partial charge in [-0.15, -0.1) is 0 Å². The van der Waals surface area contributed by atoms with Gasteiger partial charge in [0, 0.05) is 6.04 Å². The standard InChI is InChI=1S/C12H21NOSi/c1-10(13)9-11-7-5-6-8-12(11)14-15(2,3)4/h5-8,10H,9,13H2,1-4H3. The van der Waals surface area contributed by atoms with E-state index in [1.54, 1.807) is 0 Å². The predicted octanol–water partition coefficient (Wildman–Crippen LogP) is 2.79. The van der Waals surface area contributed by atoms with E-state index in [4.69, 9.17) is 10.2 Å². The molecule has 1 aromatic carbocycles. The summed E-state index contributed by atoms with van der Waals surface area (Å²) in [6, 6.07) is 8.36. The van der Waals surface area contributed by atoms with E-state index in [1.165, 1.54) is 5.56 Å². The van der Waals surface area contributed by atoms with Crippen molar-refractivity contribution in [2.24, 2.45) is 5.73 Å². The average Bonchev–Trinajstić information content (AvgIpc) is 2.05. The zero-order valence-electron chi connectivity index (χ0n) is 10.1. The fourth-order valence-electron chi connectivity index (χ4n) is 1.45. The van der Waals surface area contributed by atoms with Crippen molar-refractivity contribution in [3.8, 4) is 5.75 Å². The first kappa shape index (κ1) is 12.3. The molecule has 1 atom stereocenters. The van der Waals surface area contributed by atoms with Gasteiger partial charge in [-0.1, -0.05) is 18.2 Å². The minimum atomic E-state index is -1.52. The second kappa shape index (κ2) is 4.81. The third-order valence-electron chi connectivity index (χ3n) is 1.93. The molecule has 0 aliphatic carbocycles. The molecule has 0 saturated carbocycles. The first-order valence-corrected chi connectivity index (χ1v) is 8.82. The van der Waals surface area contributed by atoms with E-state index in [2.05, 4.69) is 25.7 Å². The van der Waals surface area contributed by atoms with Crippen molar-refractivity contribution >= 4 is 8.32 Å². The molecule has 0 radical (unpaired) electrons. The molecule has 84 valence electrons. The van der Waals surface area contributed by atoms with Gasteiger partial charge < -0.3 is 10.2 Å². The minimum absolute atomic E-state index is 0.177. The number of rotatable bonds is 4. The quantitative estimate of drug-likeness (QED) is 0.797. The summed E-state index contributed by atoms with van der Waals surface area (Å²) in [5, 5.41) is 0. The summed E-state index contributed by atoms with van der Waals surface area (Å²) >= 11 is 0. The van der Waals surface area contributed by atoms with Gasteiger partial charge in [-0.2, -0.15) is 0 Å². The lowest BCUT2D eigenvalue weighted by atomic mass is 10.1. The molecule has 0 heterocycles. The van der Waals surface area contributed by atoms with Crippen LogP contribution in [0.25, 0.3) is 0 Å². The number of benzene rings is 1. The van der Waals surface area contributed by atoms with Crippen LogP contribution in [0.15, 0.2) is 24.3 Å². The summed E-state index contributed by atoms with van der Waals surface area (Å²) < 4.78 is 6.02. The molecular formula is C12H21NOSi. The molecule has 0 spiro atoms. The molecule has 1 aromatic rings. The Labute approximate surface area is 93.6 Å². The highest BCUT2D eigenvalue weighted by Gasteiger charge is 2.18. The fraction of sp³-hybridized carbons (Fsp3) is 0.500. The van der Waals surface area contributed by atoms with Crippen molar-refractivity contribution in [2.75, 3.05) is 0 Å². The van der Waals surface area contributed by atoms with Gasteiger partial charge in [0.2, 0.25) is 8.32 Å². The largest absolute Gasteiger partial charge is 0.544 e. The highest BCUT2D eigenvalue weighted by molar-refractivity contribution is 6.70. The molecule has 2 N–H and O–H groups in total. The molecule has 0 bridgehead atoms. The van der Waals surface area contributed by atoms with Crippen LogP contribution < -0.4 is 10.2 Å². The van der Waals surface area contributed by atoms with E-state index < -0.39 is 8.32 Å². The third-order valence-corrected chi connectivity index (χ3v) is 2.76. The molecule has 15 heavy (non-hydrogen) atoms. The fourth-order valence-corrected chi connectivity index (χ4v) is 2.31. The molecule has 0 aliphatic rings. The van der Waals surface area contributed by atoms with Gasteiger partial charge in [-0.05, 0) is 44.6 Å². The van der Waals surface area contributed by atoms with Gasteiger partial charge in [0.05, 0.1) is 0 Å². The third kappa shape index (κ3) is 4.49. The maximum Gasteiger partial charge on any atom is 0.242 e. The van der Waals surface area contributed by atoms with Crippen molar-refractivity contribution < 1.29 is 4.43 Å². The Morgan fingerprint density at radius 3 is 2.40 bits per heavy atom. The monoisotopic (exact) mass is 223 g/mol. The van der Waals surface area contributed by atoms with Gasteiger partial charge in [0.25, 0.3) is 0 Å². The van der Waals surface area contributed by atoms with E-state index in [9.17, 15) is 0 Å². The van der Waals surface area contributed by atoms with E-state index in [1.807, 2.05) is 25.1 Å². The normalized spacial score (nSPS) is 13.7. The molecule has 1 rings (SSSR count). The Morgan fingerprint density at radius 2 is 1.87 bits per heavy atom. The molecule has 0 amide bonds.